The van der Waals surface area contributed by atoms with E-state index in [-0.39, 0.29) is 0 Å². The summed E-state index contributed by atoms with van der Waals surface area (Å²) in [5.74, 6) is 0.799. The molecule has 1 heterocycles. The second-order valence-corrected chi connectivity index (χ2v) is 6.00. The second kappa shape index (κ2) is 6.77. The van der Waals surface area contributed by atoms with Gasteiger partial charge in [-0.05, 0) is 31.7 Å². The molecule has 3 unspecified atom stereocenters. The van der Waals surface area contributed by atoms with Gasteiger partial charge in [-0.2, -0.15) is 11.8 Å². The van der Waals surface area contributed by atoms with Crippen LogP contribution in [0.3, 0.4) is 0 Å². The fourth-order valence-corrected chi connectivity index (χ4v) is 2.49. The van der Waals surface area contributed by atoms with Gasteiger partial charge in [-0.15, -0.1) is 0 Å². The van der Waals surface area contributed by atoms with Crippen LogP contribution in [0, 0.1) is 5.92 Å². The van der Waals surface area contributed by atoms with Crippen molar-refractivity contribution < 1.29 is 0 Å². The molecule has 0 radical (unpaired) electrons. The molecule has 2 nitrogen and oxygen atoms in total. The molecule has 0 spiro atoms. The number of piperidine rings is 1. The fourth-order valence-electron chi connectivity index (χ4n) is 2.22. The van der Waals surface area contributed by atoms with E-state index in [1.54, 1.807) is 0 Å². The van der Waals surface area contributed by atoms with Crippen molar-refractivity contribution in [1.29, 1.82) is 0 Å². The molecule has 0 saturated carbocycles. The van der Waals surface area contributed by atoms with Crippen molar-refractivity contribution in [3.05, 3.63) is 0 Å². The predicted molar refractivity (Wildman–Crippen MR) is 70.7 cm³/mol. The fraction of sp³-hybridized carbons (Fsp3) is 1.00. The van der Waals surface area contributed by atoms with Crippen molar-refractivity contribution in [2.75, 3.05) is 32.4 Å². The summed E-state index contributed by atoms with van der Waals surface area (Å²) in [4.78, 5) is 2.56. The summed E-state index contributed by atoms with van der Waals surface area (Å²) in [5.41, 5.74) is 0. The summed E-state index contributed by atoms with van der Waals surface area (Å²) in [6, 6.07) is 0.738. The molecule has 1 N–H and O–H groups in total. The molecule has 1 saturated heterocycles. The van der Waals surface area contributed by atoms with E-state index in [1.807, 2.05) is 11.8 Å². The molecule has 90 valence electrons. The quantitative estimate of drug-likeness (QED) is 0.778. The summed E-state index contributed by atoms with van der Waals surface area (Å²) in [5, 5.41) is 4.46. The van der Waals surface area contributed by atoms with Gasteiger partial charge in [0.15, 0.2) is 0 Å². The van der Waals surface area contributed by atoms with E-state index >= 15 is 0 Å². The minimum atomic E-state index is 0.737. The largest absolute Gasteiger partial charge is 0.313 e. The lowest BCUT2D eigenvalue weighted by atomic mass is 9.94. The van der Waals surface area contributed by atoms with Gasteiger partial charge in [0.1, 0.15) is 0 Å². The molecule has 0 amide bonds. The van der Waals surface area contributed by atoms with Crippen LogP contribution in [0.4, 0.5) is 0 Å². The number of rotatable bonds is 5. The van der Waals surface area contributed by atoms with Crippen molar-refractivity contribution in [3.63, 3.8) is 0 Å². The predicted octanol–water partition coefficient (Wildman–Crippen LogP) is 2.06. The Balaban J connectivity index is 2.25. The molecule has 0 bridgehead atoms. The lowest BCUT2D eigenvalue weighted by molar-refractivity contribution is 0.154. The molecular weight excluding hydrogens is 204 g/mol. The zero-order chi connectivity index (χ0) is 11.3. The molecule has 1 rings (SSSR count). The van der Waals surface area contributed by atoms with E-state index in [2.05, 4.69) is 37.2 Å². The molecule has 0 aliphatic carbocycles. The number of hydrogen-bond acceptors (Lipinski definition) is 3. The first-order chi connectivity index (χ1) is 7.17. The lowest BCUT2D eigenvalue weighted by Crippen LogP contribution is -2.49. The average molecular weight is 230 g/mol. The Morgan fingerprint density at radius 2 is 2.27 bits per heavy atom. The van der Waals surface area contributed by atoms with Gasteiger partial charge < -0.3 is 10.2 Å². The Morgan fingerprint density at radius 1 is 1.53 bits per heavy atom. The third kappa shape index (κ3) is 4.33. The van der Waals surface area contributed by atoms with Gasteiger partial charge in [0.2, 0.25) is 0 Å². The Hall–Kier alpha value is 0.270. The van der Waals surface area contributed by atoms with Crippen molar-refractivity contribution in [2.24, 2.45) is 5.92 Å². The summed E-state index contributed by atoms with van der Waals surface area (Å²) in [6.07, 6.45) is 3.51. The second-order valence-electron chi connectivity index (χ2n) is 4.72. The number of nitrogens with zero attached hydrogens (tertiary/aromatic N) is 1. The summed E-state index contributed by atoms with van der Waals surface area (Å²) in [7, 11) is 0. The highest BCUT2D eigenvalue weighted by atomic mass is 32.2. The van der Waals surface area contributed by atoms with Gasteiger partial charge in [0, 0.05) is 24.4 Å². The standard InChI is InChI=1S/C12H26N2S/c1-5-14-7-6-12(10(2)9-14)13-8-11(3)15-4/h10-13H,5-9H2,1-4H3. The van der Waals surface area contributed by atoms with Crippen molar-refractivity contribution in [1.82, 2.24) is 10.2 Å². The van der Waals surface area contributed by atoms with Crippen LogP contribution in [0.2, 0.25) is 0 Å². The van der Waals surface area contributed by atoms with E-state index < -0.39 is 0 Å². The Labute approximate surface area is 99.2 Å². The van der Waals surface area contributed by atoms with E-state index in [1.165, 1.54) is 26.1 Å². The molecule has 15 heavy (non-hydrogen) atoms. The smallest absolute Gasteiger partial charge is 0.0141 e. The molecule has 3 atom stereocenters. The maximum Gasteiger partial charge on any atom is 0.0141 e. The van der Waals surface area contributed by atoms with Crippen molar-refractivity contribution >= 4 is 11.8 Å². The van der Waals surface area contributed by atoms with Gasteiger partial charge in [-0.3, -0.25) is 0 Å². The third-order valence-corrected chi connectivity index (χ3v) is 4.48. The van der Waals surface area contributed by atoms with Crippen LogP contribution in [0.15, 0.2) is 0 Å². The van der Waals surface area contributed by atoms with Crippen LogP contribution < -0.4 is 5.32 Å². The monoisotopic (exact) mass is 230 g/mol. The van der Waals surface area contributed by atoms with E-state index in [4.69, 9.17) is 0 Å². The van der Waals surface area contributed by atoms with Gasteiger partial charge in [0.25, 0.3) is 0 Å². The molecule has 0 aromatic carbocycles. The van der Waals surface area contributed by atoms with Crippen LogP contribution in [-0.4, -0.2) is 48.6 Å². The molecule has 0 aromatic heterocycles. The summed E-state index contributed by atoms with van der Waals surface area (Å²) < 4.78 is 0. The van der Waals surface area contributed by atoms with Crippen LogP contribution in [0.5, 0.6) is 0 Å². The SMILES string of the molecule is CCN1CCC(NCC(C)SC)C(C)C1. The highest BCUT2D eigenvalue weighted by molar-refractivity contribution is 7.99. The first-order valence-corrected chi connectivity index (χ1v) is 7.44. The summed E-state index contributed by atoms with van der Waals surface area (Å²) >= 11 is 1.95. The van der Waals surface area contributed by atoms with E-state index in [9.17, 15) is 0 Å². The lowest BCUT2D eigenvalue weighted by Gasteiger charge is -2.37. The van der Waals surface area contributed by atoms with Gasteiger partial charge >= 0.3 is 0 Å². The molecule has 3 heteroatoms. The van der Waals surface area contributed by atoms with Crippen molar-refractivity contribution in [3.8, 4) is 0 Å². The van der Waals surface area contributed by atoms with Crippen molar-refractivity contribution in [2.45, 2.75) is 38.5 Å². The van der Waals surface area contributed by atoms with E-state index in [0.717, 1.165) is 23.8 Å². The molecular formula is C12H26N2S. The van der Waals surface area contributed by atoms with Crippen LogP contribution >= 0.6 is 11.8 Å². The van der Waals surface area contributed by atoms with Crippen LogP contribution in [0.25, 0.3) is 0 Å². The van der Waals surface area contributed by atoms with E-state index in [0.29, 0.717) is 0 Å². The van der Waals surface area contributed by atoms with Gasteiger partial charge in [0.05, 0.1) is 0 Å². The highest BCUT2D eigenvalue weighted by Crippen LogP contribution is 2.17. The maximum absolute atomic E-state index is 3.72. The van der Waals surface area contributed by atoms with Gasteiger partial charge in [-0.25, -0.2) is 0 Å². The Kier molecular flexibility index (Phi) is 6.02. The first kappa shape index (κ1) is 13.3. The minimum absolute atomic E-state index is 0.737. The number of thioether (sulfide) groups is 1. The Bertz CT molecular complexity index is 175. The molecule has 0 aromatic rings. The van der Waals surface area contributed by atoms with Gasteiger partial charge in [-0.1, -0.05) is 20.8 Å². The zero-order valence-corrected chi connectivity index (χ0v) is 11.4. The molecule has 1 aliphatic rings. The molecule has 1 aliphatic heterocycles. The number of nitrogens with one attached hydrogen (secondary N) is 1. The van der Waals surface area contributed by atoms with Crippen LogP contribution in [-0.2, 0) is 0 Å². The number of likely N-dealkylation sites (tertiary alicyclic amines) is 1. The third-order valence-electron chi connectivity index (χ3n) is 3.51. The summed E-state index contributed by atoms with van der Waals surface area (Å²) in [6.45, 7) is 11.8. The number of hydrogen-bond donors (Lipinski definition) is 1. The minimum Gasteiger partial charge on any atom is -0.313 e. The zero-order valence-electron chi connectivity index (χ0n) is 10.6. The first-order valence-electron chi connectivity index (χ1n) is 6.15. The topological polar surface area (TPSA) is 15.3 Å². The van der Waals surface area contributed by atoms with Crippen LogP contribution in [0.1, 0.15) is 27.2 Å². The highest BCUT2D eigenvalue weighted by Gasteiger charge is 2.24. The average Bonchev–Trinajstić information content (AvgIpc) is 2.26. The Morgan fingerprint density at radius 3 is 2.80 bits per heavy atom. The normalized spacial score (nSPS) is 30.4. The maximum atomic E-state index is 3.72. The molecule has 1 fully saturated rings.